The van der Waals surface area contributed by atoms with Gasteiger partial charge >= 0.3 is 11.7 Å². The molecule has 2 heterocycles. The summed E-state index contributed by atoms with van der Waals surface area (Å²) >= 11 is 0. The van der Waals surface area contributed by atoms with E-state index < -0.39 is 28.1 Å². The summed E-state index contributed by atoms with van der Waals surface area (Å²) in [6.45, 7) is 3.46. The highest BCUT2D eigenvalue weighted by Crippen LogP contribution is 2.40. The number of anilines is 1. The van der Waals surface area contributed by atoms with Crippen LogP contribution in [0.2, 0.25) is 0 Å². The third-order valence-electron chi connectivity index (χ3n) is 4.92. The third kappa shape index (κ3) is 3.22. The molecule has 0 aliphatic carbocycles. The zero-order chi connectivity index (χ0) is 21.5. The van der Waals surface area contributed by atoms with Crippen molar-refractivity contribution in [1.29, 1.82) is 0 Å². The number of carbonyl (C=O) groups excluding carboxylic acids is 1. The topological polar surface area (TPSA) is 125 Å². The van der Waals surface area contributed by atoms with Crippen LogP contribution in [-0.2, 0) is 23.6 Å². The van der Waals surface area contributed by atoms with Crippen molar-refractivity contribution < 1.29 is 14.5 Å². The first-order valence-electron chi connectivity index (χ1n) is 8.88. The molecule has 0 saturated heterocycles. The predicted molar refractivity (Wildman–Crippen MR) is 105 cm³/mol. The molecule has 0 bridgehead atoms. The monoisotopic (exact) mass is 400 g/mol. The summed E-state index contributed by atoms with van der Waals surface area (Å²) in [4.78, 5) is 48.5. The number of nitro groups is 1. The van der Waals surface area contributed by atoms with E-state index in [9.17, 15) is 24.5 Å². The fraction of sp³-hybridized carbons (Fsp3) is 0.316. The van der Waals surface area contributed by atoms with Gasteiger partial charge in [-0.3, -0.25) is 24.0 Å². The van der Waals surface area contributed by atoms with Crippen molar-refractivity contribution in [2.75, 3.05) is 11.9 Å². The summed E-state index contributed by atoms with van der Waals surface area (Å²) < 4.78 is 7.44. The first kappa shape index (κ1) is 20.1. The molecule has 1 aromatic heterocycles. The van der Waals surface area contributed by atoms with Crippen molar-refractivity contribution in [3.8, 4) is 0 Å². The summed E-state index contributed by atoms with van der Waals surface area (Å²) in [5.41, 5.74) is 0.138. The quantitative estimate of drug-likeness (QED) is 0.467. The smallest absolute Gasteiger partial charge is 0.336 e. The van der Waals surface area contributed by atoms with Gasteiger partial charge in [-0.1, -0.05) is 12.1 Å². The fourth-order valence-electron chi connectivity index (χ4n) is 3.49. The number of carbonyl (C=O) groups is 1. The highest BCUT2D eigenvalue weighted by molar-refractivity contribution is 5.94. The number of hydrogen-bond acceptors (Lipinski definition) is 7. The number of nitrogens with zero attached hydrogens (tertiary/aromatic N) is 3. The lowest BCUT2D eigenvalue weighted by molar-refractivity contribution is -0.384. The molecule has 0 radical (unpaired) electrons. The standard InChI is InChI=1S/C19H20N4O6/c1-5-29-18(25)13-10(2)20-16-15(17(24)22(4)19(26)21(16)3)14(13)11-6-8-12(9-7-11)23(27)28/h6-9,14,20H,5H2,1-4H3. The van der Waals surface area contributed by atoms with Crippen molar-refractivity contribution >= 4 is 17.5 Å². The number of benzene rings is 1. The molecule has 0 spiro atoms. The molecule has 152 valence electrons. The molecule has 1 aliphatic heterocycles. The molecular formula is C19H20N4O6. The minimum absolute atomic E-state index is 0.116. The molecule has 10 heteroatoms. The van der Waals surface area contributed by atoms with Crippen molar-refractivity contribution in [3.63, 3.8) is 0 Å². The van der Waals surface area contributed by atoms with E-state index in [4.69, 9.17) is 4.74 Å². The number of nitro benzene ring substituents is 1. The minimum atomic E-state index is -0.850. The van der Waals surface area contributed by atoms with Crippen LogP contribution in [0.3, 0.4) is 0 Å². The van der Waals surface area contributed by atoms with Crippen LogP contribution in [0.1, 0.15) is 30.9 Å². The number of nitrogens with one attached hydrogen (secondary N) is 1. The van der Waals surface area contributed by atoms with Crippen LogP contribution in [0.25, 0.3) is 0 Å². The van der Waals surface area contributed by atoms with E-state index in [1.165, 1.54) is 42.9 Å². The molecular weight excluding hydrogens is 380 g/mol. The first-order chi connectivity index (χ1) is 13.7. The Balaban J connectivity index is 2.34. The van der Waals surface area contributed by atoms with Crippen molar-refractivity contribution in [1.82, 2.24) is 9.13 Å². The Bertz CT molecular complexity index is 1160. The van der Waals surface area contributed by atoms with E-state index in [0.29, 0.717) is 11.3 Å². The maximum Gasteiger partial charge on any atom is 0.336 e. The summed E-state index contributed by atoms with van der Waals surface area (Å²) in [5.74, 6) is -1.19. The molecule has 1 aliphatic rings. The van der Waals surface area contributed by atoms with E-state index in [-0.39, 0.29) is 29.2 Å². The van der Waals surface area contributed by atoms with Gasteiger partial charge in [0.15, 0.2) is 0 Å². The Morgan fingerprint density at radius 3 is 2.38 bits per heavy atom. The second kappa shape index (κ2) is 7.38. The van der Waals surface area contributed by atoms with Gasteiger partial charge in [-0.15, -0.1) is 0 Å². The van der Waals surface area contributed by atoms with Gasteiger partial charge < -0.3 is 10.1 Å². The molecule has 1 N–H and O–H groups in total. The number of ether oxygens (including phenoxy) is 1. The van der Waals surface area contributed by atoms with Crippen LogP contribution in [0, 0.1) is 10.1 Å². The molecule has 1 aromatic carbocycles. The van der Waals surface area contributed by atoms with Crippen molar-refractivity contribution in [3.05, 3.63) is 77.6 Å². The van der Waals surface area contributed by atoms with E-state index in [2.05, 4.69) is 5.32 Å². The van der Waals surface area contributed by atoms with E-state index in [1.54, 1.807) is 13.8 Å². The van der Waals surface area contributed by atoms with Gasteiger partial charge in [-0.2, -0.15) is 0 Å². The molecule has 0 fully saturated rings. The van der Waals surface area contributed by atoms with Crippen LogP contribution in [0.4, 0.5) is 11.5 Å². The second-order valence-electron chi connectivity index (χ2n) is 6.63. The van der Waals surface area contributed by atoms with Gasteiger partial charge in [0, 0.05) is 31.9 Å². The Morgan fingerprint density at radius 2 is 1.83 bits per heavy atom. The molecule has 0 amide bonds. The highest BCUT2D eigenvalue weighted by Gasteiger charge is 2.37. The number of aromatic nitrogens is 2. The third-order valence-corrected chi connectivity index (χ3v) is 4.92. The highest BCUT2D eigenvalue weighted by atomic mass is 16.6. The number of allylic oxidation sites excluding steroid dienone is 1. The summed E-state index contributed by atoms with van der Waals surface area (Å²) in [7, 11) is 2.87. The van der Waals surface area contributed by atoms with Gasteiger partial charge in [-0.05, 0) is 19.4 Å². The summed E-state index contributed by atoms with van der Waals surface area (Å²) in [6, 6.07) is 5.60. The first-order valence-corrected chi connectivity index (χ1v) is 8.88. The van der Waals surface area contributed by atoms with Gasteiger partial charge in [0.05, 0.1) is 28.6 Å². The van der Waals surface area contributed by atoms with Crippen LogP contribution >= 0.6 is 0 Å². The molecule has 1 unspecified atom stereocenters. The van der Waals surface area contributed by atoms with Crippen molar-refractivity contribution in [2.45, 2.75) is 19.8 Å². The second-order valence-corrected chi connectivity index (χ2v) is 6.63. The normalized spacial score (nSPS) is 15.5. The Hall–Kier alpha value is -3.69. The Labute approximate surface area is 165 Å². The number of rotatable bonds is 4. The number of hydrogen-bond donors (Lipinski definition) is 1. The SMILES string of the molecule is CCOC(=O)C1=C(C)Nc2c(c(=O)n(C)c(=O)n2C)C1c1ccc([N+](=O)[O-])cc1. The zero-order valence-corrected chi connectivity index (χ0v) is 16.4. The lowest BCUT2D eigenvalue weighted by Gasteiger charge is -2.30. The lowest BCUT2D eigenvalue weighted by Crippen LogP contribution is -2.43. The molecule has 0 saturated carbocycles. The van der Waals surface area contributed by atoms with Gasteiger partial charge in [0.2, 0.25) is 0 Å². The largest absolute Gasteiger partial charge is 0.463 e. The minimum Gasteiger partial charge on any atom is -0.463 e. The average molecular weight is 400 g/mol. The molecule has 29 heavy (non-hydrogen) atoms. The number of esters is 1. The van der Waals surface area contributed by atoms with Gasteiger partial charge in [0.1, 0.15) is 5.82 Å². The van der Waals surface area contributed by atoms with E-state index in [1.807, 2.05) is 0 Å². The zero-order valence-electron chi connectivity index (χ0n) is 16.4. The van der Waals surface area contributed by atoms with E-state index in [0.717, 1.165) is 4.57 Å². The van der Waals surface area contributed by atoms with Crippen LogP contribution in [-0.4, -0.2) is 26.6 Å². The predicted octanol–water partition coefficient (Wildman–Crippen LogP) is 1.39. The summed E-state index contributed by atoms with van der Waals surface area (Å²) in [5, 5.41) is 14.0. The summed E-state index contributed by atoms with van der Waals surface area (Å²) in [6.07, 6.45) is 0. The maximum absolute atomic E-state index is 13.0. The van der Waals surface area contributed by atoms with Crippen LogP contribution in [0.15, 0.2) is 45.1 Å². The molecule has 2 aromatic rings. The van der Waals surface area contributed by atoms with Crippen molar-refractivity contribution in [2.24, 2.45) is 14.1 Å². The Morgan fingerprint density at radius 1 is 1.21 bits per heavy atom. The van der Waals surface area contributed by atoms with Crippen LogP contribution in [0.5, 0.6) is 0 Å². The lowest BCUT2D eigenvalue weighted by atomic mass is 9.82. The fourth-order valence-corrected chi connectivity index (χ4v) is 3.49. The molecule has 10 nitrogen and oxygen atoms in total. The molecule has 1 atom stereocenters. The number of non-ortho nitro benzene ring substituents is 1. The van der Waals surface area contributed by atoms with Crippen LogP contribution < -0.4 is 16.6 Å². The van der Waals surface area contributed by atoms with Gasteiger partial charge in [-0.25, -0.2) is 9.59 Å². The maximum atomic E-state index is 13.0. The van der Waals surface area contributed by atoms with E-state index >= 15 is 0 Å². The average Bonchev–Trinajstić information content (AvgIpc) is 2.69. The number of fused-ring (bicyclic) bond motifs is 1. The molecule has 3 rings (SSSR count). The van der Waals surface area contributed by atoms with Gasteiger partial charge in [0.25, 0.3) is 11.2 Å². The Kier molecular flexibility index (Phi) is 5.10.